The van der Waals surface area contributed by atoms with Gasteiger partial charge in [-0.2, -0.15) is 0 Å². The van der Waals surface area contributed by atoms with E-state index in [2.05, 4.69) is 4.98 Å². The SMILES string of the molecule is CC[C@@]1(O)C(=O)OCc2c1cc1n(c2=O)C(C(=O)OC)c2cc3ccccc3nc2-1. The summed E-state index contributed by atoms with van der Waals surface area (Å²) >= 11 is 0. The molecule has 0 amide bonds. The zero-order valence-corrected chi connectivity index (χ0v) is 16.3. The lowest BCUT2D eigenvalue weighted by Crippen LogP contribution is -2.45. The van der Waals surface area contributed by atoms with Crippen LogP contribution in [0.15, 0.2) is 41.2 Å². The highest BCUT2D eigenvalue weighted by molar-refractivity contribution is 5.91. The van der Waals surface area contributed by atoms with E-state index in [9.17, 15) is 19.5 Å². The van der Waals surface area contributed by atoms with Crippen molar-refractivity contribution >= 4 is 22.8 Å². The second-order valence-electron chi connectivity index (χ2n) is 7.43. The van der Waals surface area contributed by atoms with Crippen molar-refractivity contribution in [3.63, 3.8) is 0 Å². The number of aliphatic hydroxyl groups is 1. The van der Waals surface area contributed by atoms with E-state index in [-0.39, 0.29) is 24.2 Å². The number of hydrogen-bond acceptors (Lipinski definition) is 7. The van der Waals surface area contributed by atoms with E-state index < -0.39 is 29.1 Å². The second-order valence-corrected chi connectivity index (χ2v) is 7.43. The number of carbonyl (C=O) groups excluding carboxylic acids is 2. The molecule has 4 heterocycles. The normalized spacial score (nSPS) is 21.6. The molecule has 2 atom stereocenters. The van der Waals surface area contributed by atoms with Crippen molar-refractivity contribution in [2.45, 2.75) is 31.6 Å². The minimum absolute atomic E-state index is 0.0418. The highest BCUT2D eigenvalue weighted by atomic mass is 16.6. The zero-order valence-electron chi connectivity index (χ0n) is 16.3. The van der Waals surface area contributed by atoms with Crippen molar-refractivity contribution in [2.24, 2.45) is 0 Å². The van der Waals surface area contributed by atoms with Crippen molar-refractivity contribution in [3.8, 4) is 11.4 Å². The Bertz CT molecular complexity index is 1310. The van der Waals surface area contributed by atoms with Crippen LogP contribution >= 0.6 is 0 Å². The molecule has 0 radical (unpaired) electrons. The molecule has 1 N–H and O–H groups in total. The number of hydrogen-bond donors (Lipinski definition) is 1. The summed E-state index contributed by atoms with van der Waals surface area (Å²) in [7, 11) is 1.26. The summed E-state index contributed by atoms with van der Waals surface area (Å²) in [6.07, 6.45) is 0.0418. The first-order chi connectivity index (χ1) is 14.4. The van der Waals surface area contributed by atoms with Gasteiger partial charge in [0.2, 0.25) is 0 Å². The van der Waals surface area contributed by atoms with E-state index in [0.29, 0.717) is 22.5 Å². The van der Waals surface area contributed by atoms with Crippen LogP contribution in [0.4, 0.5) is 0 Å². The van der Waals surface area contributed by atoms with E-state index in [1.54, 1.807) is 13.0 Å². The van der Waals surface area contributed by atoms with Crippen LogP contribution in [0.25, 0.3) is 22.3 Å². The second kappa shape index (κ2) is 6.24. The first-order valence-electron chi connectivity index (χ1n) is 9.57. The molecule has 2 aliphatic heterocycles. The molecule has 30 heavy (non-hydrogen) atoms. The molecule has 8 nitrogen and oxygen atoms in total. The van der Waals surface area contributed by atoms with Gasteiger partial charge in [0, 0.05) is 16.5 Å². The minimum Gasteiger partial charge on any atom is -0.467 e. The third-order valence-electron chi connectivity index (χ3n) is 5.96. The quantitative estimate of drug-likeness (QED) is 0.647. The number of esters is 2. The van der Waals surface area contributed by atoms with Gasteiger partial charge in [-0.05, 0) is 24.6 Å². The van der Waals surface area contributed by atoms with Crippen LogP contribution in [0.2, 0.25) is 0 Å². The molecule has 2 aromatic heterocycles. The highest BCUT2D eigenvalue weighted by Gasteiger charge is 2.47. The fraction of sp³-hybridized carbons (Fsp3) is 0.273. The number of carbonyl (C=O) groups is 2. The summed E-state index contributed by atoms with van der Waals surface area (Å²) in [5, 5.41) is 11.8. The monoisotopic (exact) mass is 406 g/mol. The van der Waals surface area contributed by atoms with E-state index in [1.807, 2.05) is 30.3 Å². The largest absolute Gasteiger partial charge is 0.467 e. The number of ether oxygens (including phenoxy) is 2. The van der Waals surface area contributed by atoms with Gasteiger partial charge in [-0.15, -0.1) is 0 Å². The maximum Gasteiger partial charge on any atom is 0.343 e. The molecule has 0 spiro atoms. The van der Waals surface area contributed by atoms with Gasteiger partial charge in [0.1, 0.15) is 6.61 Å². The number of pyridine rings is 2. The Morgan fingerprint density at radius 3 is 2.83 bits per heavy atom. The molecule has 2 aliphatic rings. The van der Waals surface area contributed by atoms with Gasteiger partial charge in [0.05, 0.1) is 29.6 Å². The van der Waals surface area contributed by atoms with Crippen molar-refractivity contribution in [1.29, 1.82) is 0 Å². The van der Waals surface area contributed by atoms with Crippen LogP contribution in [0.5, 0.6) is 0 Å². The molecule has 0 saturated heterocycles. The number of cyclic esters (lactones) is 1. The molecule has 0 aliphatic carbocycles. The summed E-state index contributed by atoms with van der Waals surface area (Å²) in [4.78, 5) is 43.1. The molecule has 0 saturated carbocycles. The molecule has 0 bridgehead atoms. The van der Waals surface area contributed by atoms with Gasteiger partial charge in [-0.3, -0.25) is 9.36 Å². The van der Waals surface area contributed by atoms with Gasteiger partial charge in [0.25, 0.3) is 5.56 Å². The Balaban J connectivity index is 1.88. The number of methoxy groups -OCH3 is 1. The van der Waals surface area contributed by atoms with Crippen molar-refractivity contribution in [3.05, 3.63) is 63.4 Å². The van der Waals surface area contributed by atoms with Crippen LogP contribution in [0.1, 0.15) is 36.1 Å². The average molecular weight is 406 g/mol. The average Bonchev–Trinajstić information content (AvgIpc) is 3.08. The van der Waals surface area contributed by atoms with Crippen molar-refractivity contribution in [2.75, 3.05) is 7.11 Å². The molecule has 5 rings (SSSR count). The number of para-hydroxylation sites is 1. The third-order valence-corrected chi connectivity index (χ3v) is 5.96. The molecule has 152 valence electrons. The van der Waals surface area contributed by atoms with Crippen LogP contribution < -0.4 is 5.56 Å². The predicted octanol–water partition coefficient (Wildman–Crippen LogP) is 1.79. The Morgan fingerprint density at radius 1 is 1.33 bits per heavy atom. The Morgan fingerprint density at radius 2 is 2.10 bits per heavy atom. The van der Waals surface area contributed by atoms with E-state index >= 15 is 0 Å². The lowest BCUT2D eigenvalue weighted by molar-refractivity contribution is -0.172. The van der Waals surface area contributed by atoms with Crippen LogP contribution in [0.3, 0.4) is 0 Å². The van der Waals surface area contributed by atoms with Crippen LogP contribution in [-0.2, 0) is 31.3 Å². The molecular weight excluding hydrogens is 388 g/mol. The van der Waals surface area contributed by atoms with Gasteiger partial charge < -0.3 is 14.6 Å². The van der Waals surface area contributed by atoms with E-state index in [4.69, 9.17) is 9.47 Å². The van der Waals surface area contributed by atoms with Gasteiger partial charge in [-0.25, -0.2) is 14.6 Å². The first-order valence-corrected chi connectivity index (χ1v) is 9.57. The number of aromatic nitrogens is 2. The smallest absolute Gasteiger partial charge is 0.343 e. The molecule has 1 unspecified atom stereocenters. The molecule has 1 aromatic carbocycles. The van der Waals surface area contributed by atoms with Gasteiger partial charge in [-0.1, -0.05) is 25.1 Å². The maximum atomic E-state index is 13.4. The number of benzene rings is 1. The Kier molecular flexibility index (Phi) is 3.85. The molecule has 8 heteroatoms. The standard InChI is InChI=1S/C22H18N2O6/c1-3-22(28)14-9-16-17-12(8-11-6-4-5-7-15(11)23-17)18(20(26)29-2)24(16)19(25)13(14)10-30-21(22)27/h4-9,18,28H,3,10H2,1-2H3/t18?,22-/m0/s1. The van der Waals surface area contributed by atoms with Gasteiger partial charge in [0.15, 0.2) is 11.6 Å². The summed E-state index contributed by atoms with van der Waals surface area (Å²) < 4.78 is 11.4. The van der Waals surface area contributed by atoms with E-state index in [1.165, 1.54) is 11.7 Å². The summed E-state index contributed by atoms with van der Waals surface area (Å²) in [5.41, 5.74) is -0.0612. The lowest BCUT2D eigenvalue weighted by Gasteiger charge is -2.32. The number of fused-ring (bicyclic) bond motifs is 5. The summed E-state index contributed by atoms with van der Waals surface area (Å²) in [6, 6.07) is 9.80. The fourth-order valence-electron chi connectivity index (χ4n) is 4.34. The lowest BCUT2D eigenvalue weighted by atomic mass is 9.86. The topological polar surface area (TPSA) is 108 Å². The maximum absolute atomic E-state index is 13.4. The molecule has 3 aromatic rings. The number of rotatable bonds is 2. The van der Waals surface area contributed by atoms with Crippen molar-refractivity contribution in [1.82, 2.24) is 9.55 Å². The Labute approximate surface area is 170 Å². The Hall–Kier alpha value is -3.52. The third kappa shape index (κ3) is 2.25. The minimum atomic E-state index is -1.93. The predicted molar refractivity (Wildman–Crippen MR) is 106 cm³/mol. The first kappa shape index (κ1) is 18.5. The summed E-state index contributed by atoms with van der Waals surface area (Å²) in [6.45, 7) is 1.37. The summed E-state index contributed by atoms with van der Waals surface area (Å²) in [5.74, 6) is -1.40. The van der Waals surface area contributed by atoms with E-state index in [0.717, 1.165) is 5.39 Å². The van der Waals surface area contributed by atoms with Crippen LogP contribution in [0, 0.1) is 0 Å². The van der Waals surface area contributed by atoms with Crippen LogP contribution in [-0.4, -0.2) is 33.7 Å². The van der Waals surface area contributed by atoms with Gasteiger partial charge >= 0.3 is 11.9 Å². The molecule has 0 fully saturated rings. The molecular formula is C22H18N2O6. The highest BCUT2D eigenvalue weighted by Crippen LogP contribution is 2.42. The van der Waals surface area contributed by atoms with Crippen molar-refractivity contribution < 1.29 is 24.2 Å². The fourth-order valence-corrected chi connectivity index (χ4v) is 4.34. The number of nitrogens with zero attached hydrogens (tertiary/aromatic N) is 2. The zero-order chi connectivity index (χ0) is 21.2.